The topological polar surface area (TPSA) is 84.5 Å². The molecule has 0 unspecified atom stereocenters. The van der Waals surface area contributed by atoms with E-state index in [4.69, 9.17) is 4.74 Å². The van der Waals surface area contributed by atoms with Crippen LogP contribution in [0.4, 0.5) is 5.69 Å². The minimum absolute atomic E-state index is 0.0502. The smallest absolute Gasteiger partial charge is 0.258 e. The molecule has 0 aliphatic rings. The van der Waals surface area contributed by atoms with Crippen LogP contribution >= 0.6 is 0 Å². The van der Waals surface area contributed by atoms with Crippen LogP contribution in [0.5, 0.6) is 5.75 Å². The molecule has 0 heterocycles. The molecule has 2 N–H and O–H groups in total. The first kappa shape index (κ1) is 20.2. The van der Waals surface area contributed by atoms with Gasteiger partial charge in [0.1, 0.15) is 5.75 Å². The van der Waals surface area contributed by atoms with Gasteiger partial charge in [-0.15, -0.1) is 0 Å². The zero-order valence-electron chi connectivity index (χ0n) is 15.8. The van der Waals surface area contributed by atoms with Crippen LogP contribution in [0.3, 0.4) is 0 Å². The number of benzene rings is 2. The SMILES string of the molecule is CCC(=O)c1ccc(OCC(=O)NCC(=O)Nc2c(C)cccc2C)cc1. The molecule has 0 saturated carbocycles. The van der Waals surface area contributed by atoms with Crippen molar-refractivity contribution in [3.05, 3.63) is 59.2 Å². The van der Waals surface area contributed by atoms with E-state index in [9.17, 15) is 14.4 Å². The van der Waals surface area contributed by atoms with Crippen molar-refractivity contribution in [3.63, 3.8) is 0 Å². The summed E-state index contributed by atoms with van der Waals surface area (Å²) < 4.78 is 5.37. The van der Waals surface area contributed by atoms with Crippen molar-refractivity contribution >= 4 is 23.3 Å². The number of carbonyl (C=O) groups is 3. The van der Waals surface area contributed by atoms with Gasteiger partial charge in [-0.25, -0.2) is 0 Å². The molecule has 0 bridgehead atoms. The number of Topliss-reactive ketones (excluding diaryl/α,β-unsaturated/α-hetero) is 1. The van der Waals surface area contributed by atoms with Crippen molar-refractivity contribution in [2.24, 2.45) is 0 Å². The average molecular weight is 368 g/mol. The molecule has 0 radical (unpaired) electrons. The highest BCUT2D eigenvalue weighted by Gasteiger charge is 2.10. The Balaban J connectivity index is 1.77. The number of para-hydroxylation sites is 1. The molecule has 0 saturated heterocycles. The highest BCUT2D eigenvalue weighted by molar-refractivity contribution is 5.96. The first-order valence-electron chi connectivity index (χ1n) is 8.79. The average Bonchev–Trinajstić information content (AvgIpc) is 2.67. The lowest BCUT2D eigenvalue weighted by atomic mass is 10.1. The van der Waals surface area contributed by atoms with Gasteiger partial charge in [0.15, 0.2) is 12.4 Å². The summed E-state index contributed by atoms with van der Waals surface area (Å²) in [5.74, 6) is -0.171. The van der Waals surface area contributed by atoms with Gasteiger partial charge in [-0.1, -0.05) is 25.1 Å². The molecule has 0 aliphatic carbocycles. The number of ketones is 1. The van der Waals surface area contributed by atoms with Crippen molar-refractivity contribution < 1.29 is 19.1 Å². The fourth-order valence-electron chi connectivity index (χ4n) is 2.52. The predicted molar refractivity (Wildman–Crippen MR) is 104 cm³/mol. The lowest BCUT2D eigenvalue weighted by Crippen LogP contribution is -2.36. The van der Waals surface area contributed by atoms with Crippen LogP contribution < -0.4 is 15.4 Å². The van der Waals surface area contributed by atoms with Crippen molar-refractivity contribution in [3.8, 4) is 5.75 Å². The molecular formula is C21H24N2O4. The predicted octanol–water partition coefficient (Wildman–Crippen LogP) is 3.03. The Labute approximate surface area is 158 Å². The number of aryl methyl sites for hydroxylation is 2. The summed E-state index contributed by atoms with van der Waals surface area (Å²) in [4.78, 5) is 35.5. The maximum absolute atomic E-state index is 12.0. The second-order valence-corrected chi connectivity index (χ2v) is 6.18. The Bertz CT molecular complexity index is 808. The molecule has 142 valence electrons. The number of hydrogen-bond acceptors (Lipinski definition) is 4. The molecule has 2 aromatic carbocycles. The van der Waals surface area contributed by atoms with Crippen LogP contribution in [-0.4, -0.2) is 30.7 Å². The number of ether oxygens (including phenoxy) is 1. The highest BCUT2D eigenvalue weighted by Crippen LogP contribution is 2.19. The van der Waals surface area contributed by atoms with Crippen LogP contribution in [0.2, 0.25) is 0 Å². The summed E-state index contributed by atoms with van der Waals surface area (Å²) in [6.45, 7) is 5.27. The monoisotopic (exact) mass is 368 g/mol. The van der Waals surface area contributed by atoms with Crippen molar-refractivity contribution in [2.75, 3.05) is 18.5 Å². The second-order valence-electron chi connectivity index (χ2n) is 6.18. The largest absolute Gasteiger partial charge is 0.484 e. The van der Waals surface area contributed by atoms with E-state index in [1.54, 1.807) is 31.2 Å². The number of hydrogen-bond donors (Lipinski definition) is 2. The number of amides is 2. The standard InChI is InChI=1S/C21H24N2O4/c1-4-18(24)16-8-10-17(11-9-16)27-13-20(26)22-12-19(25)23-21-14(2)6-5-7-15(21)3/h5-11H,4,12-13H2,1-3H3,(H,22,26)(H,23,25). The van der Waals surface area contributed by atoms with E-state index in [0.717, 1.165) is 16.8 Å². The fraction of sp³-hybridized carbons (Fsp3) is 0.286. The summed E-state index contributed by atoms with van der Waals surface area (Å²) >= 11 is 0. The van der Waals surface area contributed by atoms with Gasteiger partial charge in [0.25, 0.3) is 5.91 Å². The summed E-state index contributed by atoms with van der Waals surface area (Å²) in [5, 5.41) is 5.32. The third-order valence-corrected chi connectivity index (χ3v) is 4.06. The van der Waals surface area contributed by atoms with Crippen LogP contribution in [0.1, 0.15) is 34.8 Å². The molecule has 2 amide bonds. The van der Waals surface area contributed by atoms with E-state index in [2.05, 4.69) is 10.6 Å². The van der Waals surface area contributed by atoms with Crippen molar-refractivity contribution in [2.45, 2.75) is 27.2 Å². The molecular weight excluding hydrogens is 344 g/mol. The molecule has 6 nitrogen and oxygen atoms in total. The van der Waals surface area contributed by atoms with Gasteiger partial charge < -0.3 is 15.4 Å². The minimum Gasteiger partial charge on any atom is -0.484 e. The van der Waals surface area contributed by atoms with Gasteiger partial charge in [0.2, 0.25) is 5.91 Å². The maximum atomic E-state index is 12.0. The number of nitrogens with one attached hydrogen (secondary N) is 2. The summed E-state index contributed by atoms with van der Waals surface area (Å²) in [5.41, 5.74) is 3.29. The molecule has 6 heteroatoms. The van der Waals surface area contributed by atoms with Crippen LogP contribution in [0.25, 0.3) is 0 Å². The van der Waals surface area contributed by atoms with Crippen LogP contribution in [0.15, 0.2) is 42.5 Å². The first-order chi connectivity index (χ1) is 12.9. The Morgan fingerprint density at radius 1 is 0.926 bits per heavy atom. The van der Waals surface area contributed by atoms with E-state index in [1.165, 1.54) is 0 Å². The first-order valence-corrected chi connectivity index (χ1v) is 8.79. The molecule has 0 aliphatic heterocycles. The van der Waals surface area contributed by atoms with Gasteiger partial charge in [-0.3, -0.25) is 14.4 Å². The quantitative estimate of drug-likeness (QED) is 0.702. The molecule has 0 spiro atoms. The summed E-state index contributed by atoms with van der Waals surface area (Å²) in [6, 6.07) is 12.4. The number of carbonyl (C=O) groups excluding carboxylic acids is 3. The van der Waals surface area contributed by atoms with E-state index in [-0.39, 0.29) is 24.8 Å². The molecule has 0 atom stereocenters. The Morgan fingerprint density at radius 2 is 1.56 bits per heavy atom. The lowest BCUT2D eigenvalue weighted by Gasteiger charge is -2.12. The molecule has 0 aromatic heterocycles. The maximum Gasteiger partial charge on any atom is 0.258 e. The van der Waals surface area contributed by atoms with E-state index >= 15 is 0 Å². The highest BCUT2D eigenvalue weighted by atomic mass is 16.5. The second kappa shape index (κ2) is 9.52. The van der Waals surface area contributed by atoms with Crippen LogP contribution in [-0.2, 0) is 9.59 Å². The fourth-order valence-corrected chi connectivity index (χ4v) is 2.52. The molecule has 27 heavy (non-hydrogen) atoms. The van der Waals surface area contributed by atoms with Gasteiger partial charge in [-0.2, -0.15) is 0 Å². The number of rotatable bonds is 8. The lowest BCUT2D eigenvalue weighted by molar-refractivity contribution is -0.125. The Morgan fingerprint density at radius 3 is 2.15 bits per heavy atom. The molecule has 2 rings (SSSR count). The van der Waals surface area contributed by atoms with Crippen molar-refractivity contribution in [1.82, 2.24) is 5.32 Å². The summed E-state index contributed by atoms with van der Waals surface area (Å²) in [7, 11) is 0. The van der Waals surface area contributed by atoms with Gasteiger partial charge in [0, 0.05) is 17.7 Å². The number of anilines is 1. The zero-order chi connectivity index (χ0) is 19.8. The van der Waals surface area contributed by atoms with Crippen LogP contribution in [0, 0.1) is 13.8 Å². The minimum atomic E-state index is -0.402. The van der Waals surface area contributed by atoms with E-state index in [0.29, 0.717) is 17.7 Å². The third-order valence-electron chi connectivity index (χ3n) is 4.06. The van der Waals surface area contributed by atoms with Crippen molar-refractivity contribution in [1.29, 1.82) is 0 Å². The molecule has 2 aromatic rings. The van der Waals surface area contributed by atoms with Gasteiger partial charge in [0.05, 0.1) is 6.54 Å². The normalized spacial score (nSPS) is 10.2. The van der Waals surface area contributed by atoms with Gasteiger partial charge in [-0.05, 0) is 49.2 Å². The summed E-state index contributed by atoms with van der Waals surface area (Å²) in [6.07, 6.45) is 0.437. The molecule has 0 fully saturated rings. The van der Waals surface area contributed by atoms with Gasteiger partial charge >= 0.3 is 0 Å². The Hall–Kier alpha value is -3.15. The third kappa shape index (κ3) is 5.95. The Kier molecular flexibility index (Phi) is 7.11. The van der Waals surface area contributed by atoms with E-state index < -0.39 is 5.91 Å². The zero-order valence-corrected chi connectivity index (χ0v) is 15.8. The van der Waals surface area contributed by atoms with E-state index in [1.807, 2.05) is 32.0 Å².